The number of nitrogens with zero attached hydrogens (tertiary/aromatic N) is 2. The predicted molar refractivity (Wildman–Crippen MR) is 127 cm³/mol. The second-order valence-corrected chi connectivity index (χ2v) is 8.49. The van der Waals surface area contributed by atoms with Crippen LogP contribution in [-0.4, -0.2) is 42.0 Å². The van der Waals surface area contributed by atoms with Crippen LogP contribution < -0.4 is 10.1 Å². The first-order chi connectivity index (χ1) is 15.7. The lowest BCUT2D eigenvalue weighted by Gasteiger charge is -2.32. The fourth-order valence-corrected chi connectivity index (χ4v) is 4.18. The number of amides is 1. The van der Waals surface area contributed by atoms with Gasteiger partial charge in [0.2, 0.25) is 5.91 Å². The van der Waals surface area contributed by atoms with Crippen molar-refractivity contribution in [1.29, 1.82) is 0 Å². The van der Waals surface area contributed by atoms with E-state index in [9.17, 15) is 4.79 Å². The standard InChI is InChI=1S/C26H28ClN3O2/c27-23-10-8-20(9-11-23)25(22-5-4-14-28-19-22)29-26(31)21-12-15-30(16-13-21)17-18-32-24-6-2-1-3-7-24/h1-11,14,19,21,25H,12-13,15-18H2,(H,29,31). The van der Waals surface area contributed by atoms with Gasteiger partial charge in [0, 0.05) is 29.9 Å². The Morgan fingerprint density at radius 1 is 1.03 bits per heavy atom. The first-order valence-electron chi connectivity index (χ1n) is 11.0. The lowest BCUT2D eigenvalue weighted by atomic mass is 9.94. The minimum Gasteiger partial charge on any atom is -0.492 e. The predicted octanol–water partition coefficient (Wildman–Crippen LogP) is 4.73. The monoisotopic (exact) mass is 449 g/mol. The lowest BCUT2D eigenvalue weighted by Crippen LogP contribution is -2.42. The van der Waals surface area contributed by atoms with Crippen LogP contribution in [0.1, 0.15) is 30.0 Å². The molecule has 1 saturated heterocycles. The Balaban J connectivity index is 1.31. The molecule has 1 aliphatic rings. The number of aromatic nitrogens is 1. The molecule has 0 radical (unpaired) electrons. The van der Waals surface area contributed by atoms with E-state index in [-0.39, 0.29) is 17.9 Å². The molecule has 1 N–H and O–H groups in total. The average Bonchev–Trinajstić information content (AvgIpc) is 2.85. The van der Waals surface area contributed by atoms with E-state index in [1.807, 2.05) is 66.7 Å². The largest absolute Gasteiger partial charge is 0.492 e. The van der Waals surface area contributed by atoms with Crippen molar-refractivity contribution in [2.75, 3.05) is 26.2 Å². The molecule has 0 aliphatic carbocycles. The maximum absolute atomic E-state index is 13.1. The summed E-state index contributed by atoms with van der Waals surface area (Å²) in [4.78, 5) is 19.7. The number of carbonyl (C=O) groups is 1. The van der Waals surface area contributed by atoms with Crippen LogP contribution in [0.5, 0.6) is 5.75 Å². The summed E-state index contributed by atoms with van der Waals surface area (Å²) in [7, 11) is 0. The molecule has 5 nitrogen and oxygen atoms in total. The number of pyridine rings is 1. The molecule has 1 amide bonds. The molecular formula is C26H28ClN3O2. The van der Waals surface area contributed by atoms with Gasteiger partial charge in [0.1, 0.15) is 12.4 Å². The lowest BCUT2D eigenvalue weighted by molar-refractivity contribution is -0.127. The molecule has 1 atom stereocenters. The van der Waals surface area contributed by atoms with Crippen LogP contribution in [0.3, 0.4) is 0 Å². The molecule has 32 heavy (non-hydrogen) atoms. The number of hydrogen-bond acceptors (Lipinski definition) is 4. The second kappa shape index (κ2) is 11.1. The summed E-state index contributed by atoms with van der Waals surface area (Å²) < 4.78 is 5.81. The molecule has 1 fully saturated rings. The molecule has 4 rings (SSSR count). The van der Waals surface area contributed by atoms with E-state index < -0.39 is 0 Å². The van der Waals surface area contributed by atoms with Crippen LogP contribution in [-0.2, 0) is 4.79 Å². The highest BCUT2D eigenvalue weighted by Gasteiger charge is 2.27. The van der Waals surface area contributed by atoms with Gasteiger partial charge in [-0.25, -0.2) is 0 Å². The summed E-state index contributed by atoms with van der Waals surface area (Å²) in [5, 5.41) is 3.93. The second-order valence-electron chi connectivity index (χ2n) is 8.06. The minimum atomic E-state index is -0.245. The van der Waals surface area contributed by atoms with Crippen molar-refractivity contribution >= 4 is 17.5 Å². The summed E-state index contributed by atoms with van der Waals surface area (Å²) in [5.41, 5.74) is 1.95. The third-order valence-corrected chi connectivity index (χ3v) is 6.14. The Labute approximate surface area is 194 Å². The molecule has 1 aliphatic heterocycles. The first-order valence-corrected chi connectivity index (χ1v) is 11.4. The number of rotatable bonds is 8. The summed E-state index contributed by atoms with van der Waals surface area (Å²) in [5.74, 6) is 0.993. The molecule has 2 aromatic carbocycles. The molecular weight excluding hydrogens is 422 g/mol. The Morgan fingerprint density at radius 2 is 1.78 bits per heavy atom. The number of halogens is 1. The third-order valence-electron chi connectivity index (χ3n) is 5.89. The van der Waals surface area contributed by atoms with Gasteiger partial charge in [0.15, 0.2) is 0 Å². The Morgan fingerprint density at radius 3 is 2.47 bits per heavy atom. The number of benzene rings is 2. The van der Waals surface area contributed by atoms with Crippen LogP contribution in [0.25, 0.3) is 0 Å². The quantitative estimate of drug-likeness (QED) is 0.540. The summed E-state index contributed by atoms with van der Waals surface area (Å²) in [6.45, 7) is 3.32. The average molecular weight is 450 g/mol. The van der Waals surface area contributed by atoms with Crippen molar-refractivity contribution in [2.24, 2.45) is 5.92 Å². The van der Waals surface area contributed by atoms with Gasteiger partial charge < -0.3 is 10.1 Å². The van der Waals surface area contributed by atoms with Crippen molar-refractivity contribution in [3.8, 4) is 5.75 Å². The Kier molecular flexibility index (Phi) is 7.75. The molecule has 0 saturated carbocycles. The normalized spacial score (nSPS) is 15.8. The van der Waals surface area contributed by atoms with Crippen LogP contribution in [0.2, 0.25) is 5.02 Å². The first kappa shape index (κ1) is 22.3. The molecule has 6 heteroatoms. The van der Waals surface area contributed by atoms with Gasteiger partial charge in [-0.05, 0) is 67.4 Å². The van der Waals surface area contributed by atoms with Gasteiger partial charge in [-0.1, -0.05) is 48.0 Å². The summed E-state index contributed by atoms with van der Waals surface area (Å²) in [6.07, 6.45) is 5.23. The Hall–Kier alpha value is -2.89. The fourth-order valence-electron chi connectivity index (χ4n) is 4.05. The molecule has 3 aromatic rings. The summed E-state index contributed by atoms with van der Waals surface area (Å²) >= 11 is 6.06. The van der Waals surface area contributed by atoms with E-state index in [1.165, 1.54) is 0 Å². The molecule has 2 heterocycles. The van der Waals surface area contributed by atoms with Crippen molar-refractivity contribution in [2.45, 2.75) is 18.9 Å². The molecule has 0 spiro atoms. The van der Waals surface area contributed by atoms with Gasteiger partial charge in [0.25, 0.3) is 0 Å². The fraction of sp³-hybridized carbons (Fsp3) is 0.308. The smallest absolute Gasteiger partial charge is 0.223 e. The van der Waals surface area contributed by atoms with Crippen LogP contribution in [0.15, 0.2) is 79.1 Å². The number of hydrogen-bond donors (Lipinski definition) is 1. The summed E-state index contributed by atoms with van der Waals surface area (Å²) in [6, 6.07) is 21.1. The van der Waals surface area contributed by atoms with Crippen molar-refractivity contribution in [3.05, 3.63) is 95.3 Å². The highest BCUT2D eigenvalue weighted by molar-refractivity contribution is 6.30. The number of likely N-dealkylation sites (tertiary alicyclic amines) is 1. The topological polar surface area (TPSA) is 54.5 Å². The molecule has 166 valence electrons. The molecule has 1 aromatic heterocycles. The number of nitrogens with one attached hydrogen (secondary N) is 1. The maximum Gasteiger partial charge on any atom is 0.223 e. The van der Waals surface area contributed by atoms with Gasteiger partial charge in [-0.2, -0.15) is 0 Å². The molecule has 1 unspecified atom stereocenters. The molecule has 0 bridgehead atoms. The van der Waals surface area contributed by atoms with Crippen molar-refractivity contribution < 1.29 is 9.53 Å². The van der Waals surface area contributed by atoms with E-state index in [4.69, 9.17) is 16.3 Å². The maximum atomic E-state index is 13.1. The van der Waals surface area contributed by atoms with Crippen LogP contribution in [0.4, 0.5) is 0 Å². The zero-order chi connectivity index (χ0) is 22.2. The number of carbonyl (C=O) groups excluding carboxylic acids is 1. The number of ether oxygens (including phenoxy) is 1. The van der Waals surface area contributed by atoms with Gasteiger partial charge in [-0.15, -0.1) is 0 Å². The Bertz CT molecular complexity index is 975. The van der Waals surface area contributed by atoms with Crippen LogP contribution in [0, 0.1) is 5.92 Å². The van der Waals surface area contributed by atoms with Crippen molar-refractivity contribution in [3.63, 3.8) is 0 Å². The highest BCUT2D eigenvalue weighted by atomic mass is 35.5. The van der Waals surface area contributed by atoms with Gasteiger partial charge in [0.05, 0.1) is 6.04 Å². The van der Waals surface area contributed by atoms with Crippen LogP contribution >= 0.6 is 11.6 Å². The van der Waals surface area contributed by atoms with E-state index in [1.54, 1.807) is 12.4 Å². The van der Waals surface area contributed by atoms with Crippen molar-refractivity contribution in [1.82, 2.24) is 15.2 Å². The van der Waals surface area contributed by atoms with E-state index in [0.717, 1.165) is 49.4 Å². The third kappa shape index (κ3) is 6.09. The van der Waals surface area contributed by atoms with E-state index >= 15 is 0 Å². The highest BCUT2D eigenvalue weighted by Crippen LogP contribution is 2.25. The van der Waals surface area contributed by atoms with Gasteiger partial charge >= 0.3 is 0 Å². The zero-order valence-corrected chi connectivity index (χ0v) is 18.7. The minimum absolute atomic E-state index is 0.00719. The number of para-hydroxylation sites is 1. The van der Waals surface area contributed by atoms with E-state index in [0.29, 0.717) is 11.6 Å². The van der Waals surface area contributed by atoms with Gasteiger partial charge in [-0.3, -0.25) is 14.7 Å². The number of piperidine rings is 1. The van der Waals surface area contributed by atoms with E-state index in [2.05, 4.69) is 15.2 Å². The zero-order valence-electron chi connectivity index (χ0n) is 18.0. The SMILES string of the molecule is O=C(NC(c1ccc(Cl)cc1)c1cccnc1)C1CCN(CCOc2ccccc2)CC1.